The molecule has 120 valence electrons. The SMILES string of the molecule is O=C(OCc1ccccc1)/C(CCCc1cccc(Cl)c1)=N\O. The maximum absolute atomic E-state index is 11.9. The minimum Gasteiger partial charge on any atom is -0.456 e. The highest BCUT2D eigenvalue weighted by atomic mass is 35.5. The molecule has 0 unspecified atom stereocenters. The molecule has 0 aliphatic rings. The molecule has 2 rings (SSSR count). The van der Waals surface area contributed by atoms with Crippen molar-refractivity contribution >= 4 is 23.3 Å². The van der Waals surface area contributed by atoms with Crippen LogP contribution in [0.2, 0.25) is 5.02 Å². The monoisotopic (exact) mass is 331 g/mol. The van der Waals surface area contributed by atoms with Crippen molar-refractivity contribution in [2.45, 2.75) is 25.9 Å². The summed E-state index contributed by atoms with van der Waals surface area (Å²) in [6.45, 7) is 0.160. The van der Waals surface area contributed by atoms with Crippen LogP contribution >= 0.6 is 11.6 Å². The molecule has 0 saturated heterocycles. The van der Waals surface area contributed by atoms with Gasteiger partial charge in [-0.15, -0.1) is 0 Å². The molecule has 2 aromatic rings. The minimum absolute atomic E-state index is 0.0305. The highest BCUT2D eigenvalue weighted by Crippen LogP contribution is 2.13. The molecule has 0 heterocycles. The zero-order valence-electron chi connectivity index (χ0n) is 12.6. The highest BCUT2D eigenvalue weighted by Gasteiger charge is 2.14. The van der Waals surface area contributed by atoms with Crippen LogP contribution in [0.4, 0.5) is 0 Å². The number of hydrogen-bond donors (Lipinski definition) is 1. The Bertz CT molecular complexity index is 671. The van der Waals surface area contributed by atoms with Gasteiger partial charge in [-0.25, -0.2) is 4.79 Å². The van der Waals surface area contributed by atoms with Gasteiger partial charge in [-0.3, -0.25) is 0 Å². The number of aryl methyl sites for hydroxylation is 1. The highest BCUT2D eigenvalue weighted by molar-refractivity contribution is 6.36. The van der Waals surface area contributed by atoms with Crippen molar-refractivity contribution in [3.05, 3.63) is 70.7 Å². The first kappa shape index (κ1) is 17.0. The van der Waals surface area contributed by atoms with E-state index in [9.17, 15) is 4.79 Å². The van der Waals surface area contributed by atoms with Crippen LogP contribution in [0.5, 0.6) is 0 Å². The predicted octanol–water partition coefficient (Wildman–Crippen LogP) is 4.24. The van der Waals surface area contributed by atoms with Crippen LogP contribution in [-0.2, 0) is 22.6 Å². The topological polar surface area (TPSA) is 58.9 Å². The smallest absolute Gasteiger partial charge is 0.356 e. The normalized spacial score (nSPS) is 11.3. The number of carbonyl (C=O) groups excluding carboxylic acids is 1. The molecule has 0 radical (unpaired) electrons. The van der Waals surface area contributed by atoms with Crippen molar-refractivity contribution in [2.75, 3.05) is 0 Å². The molecule has 0 atom stereocenters. The quantitative estimate of drug-likeness (QED) is 0.357. The number of carbonyl (C=O) groups is 1. The molecular weight excluding hydrogens is 314 g/mol. The van der Waals surface area contributed by atoms with Gasteiger partial charge >= 0.3 is 5.97 Å². The third-order valence-electron chi connectivity index (χ3n) is 3.34. The first-order valence-electron chi connectivity index (χ1n) is 7.35. The Morgan fingerprint density at radius 2 is 1.83 bits per heavy atom. The summed E-state index contributed by atoms with van der Waals surface area (Å²) in [4.78, 5) is 11.9. The van der Waals surface area contributed by atoms with E-state index in [1.165, 1.54) is 0 Å². The Labute approximate surface area is 140 Å². The second-order valence-corrected chi connectivity index (χ2v) is 5.53. The lowest BCUT2D eigenvalue weighted by Gasteiger charge is -2.06. The van der Waals surface area contributed by atoms with Crippen molar-refractivity contribution in [3.8, 4) is 0 Å². The Hall–Kier alpha value is -2.33. The van der Waals surface area contributed by atoms with Gasteiger partial charge in [0.05, 0.1) is 0 Å². The standard InChI is InChI=1S/C18H18ClNO3/c19-16-10-4-8-14(12-16)9-5-11-17(20-22)18(21)23-13-15-6-2-1-3-7-15/h1-4,6-8,10,12,22H,5,9,11,13H2/b20-17-. The van der Waals surface area contributed by atoms with Gasteiger partial charge in [-0.05, 0) is 36.1 Å². The fraction of sp³-hybridized carbons (Fsp3) is 0.222. The Morgan fingerprint density at radius 3 is 2.52 bits per heavy atom. The molecule has 5 heteroatoms. The number of oxime groups is 1. The number of nitrogens with zero attached hydrogens (tertiary/aromatic N) is 1. The lowest BCUT2D eigenvalue weighted by Crippen LogP contribution is -2.18. The number of halogens is 1. The van der Waals surface area contributed by atoms with E-state index in [4.69, 9.17) is 21.5 Å². The summed E-state index contributed by atoms with van der Waals surface area (Å²) in [6.07, 6.45) is 1.75. The van der Waals surface area contributed by atoms with Gasteiger partial charge in [0.2, 0.25) is 0 Å². The molecule has 23 heavy (non-hydrogen) atoms. The Kier molecular flexibility index (Phi) is 6.63. The van der Waals surface area contributed by atoms with Crippen molar-refractivity contribution in [2.24, 2.45) is 5.16 Å². The summed E-state index contributed by atoms with van der Waals surface area (Å²) in [7, 11) is 0. The maximum atomic E-state index is 11.9. The third kappa shape index (κ3) is 5.75. The predicted molar refractivity (Wildman–Crippen MR) is 89.8 cm³/mol. The average Bonchev–Trinajstić information content (AvgIpc) is 2.57. The molecule has 0 spiro atoms. The summed E-state index contributed by atoms with van der Waals surface area (Å²) in [6, 6.07) is 16.9. The van der Waals surface area contributed by atoms with E-state index in [1.54, 1.807) is 0 Å². The molecule has 0 aromatic heterocycles. The summed E-state index contributed by atoms with van der Waals surface area (Å²) >= 11 is 5.93. The van der Waals surface area contributed by atoms with Gasteiger partial charge in [0.15, 0.2) is 5.71 Å². The Balaban J connectivity index is 1.79. The first-order valence-corrected chi connectivity index (χ1v) is 7.73. The van der Waals surface area contributed by atoms with E-state index in [-0.39, 0.29) is 12.3 Å². The fourth-order valence-corrected chi connectivity index (χ4v) is 2.36. The van der Waals surface area contributed by atoms with E-state index in [1.807, 2.05) is 54.6 Å². The van der Waals surface area contributed by atoms with Gasteiger partial charge < -0.3 is 9.94 Å². The molecule has 0 bridgehead atoms. The van der Waals surface area contributed by atoms with Gasteiger partial charge in [0, 0.05) is 11.4 Å². The number of rotatable bonds is 7. The summed E-state index contributed by atoms with van der Waals surface area (Å²) in [5.74, 6) is -0.595. The third-order valence-corrected chi connectivity index (χ3v) is 3.57. The zero-order valence-corrected chi connectivity index (χ0v) is 13.4. The second kappa shape index (κ2) is 8.96. The van der Waals surface area contributed by atoms with Crippen LogP contribution in [0.15, 0.2) is 59.8 Å². The van der Waals surface area contributed by atoms with E-state index < -0.39 is 5.97 Å². The largest absolute Gasteiger partial charge is 0.456 e. The Morgan fingerprint density at radius 1 is 1.09 bits per heavy atom. The zero-order chi connectivity index (χ0) is 16.5. The second-order valence-electron chi connectivity index (χ2n) is 5.09. The van der Waals surface area contributed by atoms with Crippen molar-refractivity contribution in [1.29, 1.82) is 0 Å². The molecule has 2 aromatic carbocycles. The van der Waals surface area contributed by atoms with Gasteiger partial charge in [0.25, 0.3) is 0 Å². The van der Waals surface area contributed by atoms with Crippen LogP contribution in [-0.4, -0.2) is 16.9 Å². The van der Waals surface area contributed by atoms with Crippen LogP contribution in [0.3, 0.4) is 0 Å². The van der Waals surface area contributed by atoms with Crippen LogP contribution in [0.25, 0.3) is 0 Å². The molecule has 0 aliphatic carbocycles. The molecule has 0 aliphatic heterocycles. The summed E-state index contributed by atoms with van der Waals surface area (Å²) in [5, 5.41) is 12.7. The first-order chi connectivity index (χ1) is 11.2. The number of benzene rings is 2. The van der Waals surface area contributed by atoms with Crippen LogP contribution in [0.1, 0.15) is 24.0 Å². The number of esters is 1. The lowest BCUT2D eigenvalue weighted by molar-refractivity contribution is -0.137. The van der Waals surface area contributed by atoms with Crippen LogP contribution in [0, 0.1) is 0 Å². The molecule has 4 nitrogen and oxygen atoms in total. The molecule has 1 N–H and O–H groups in total. The molecule has 0 saturated carbocycles. The van der Waals surface area contributed by atoms with Crippen molar-refractivity contribution in [1.82, 2.24) is 0 Å². The van der Waals surface area contributed by atoms with Gasteiger partial charge in [-0.1, -0.05) is 59.2 Å². The van der Waals surface area contributed by atoms with E-state index in [2.05, 4.69) is 5.16 Å². The van der Waals surface area contributed by atoms with Crippen molar-refractivity contribution < 1.29 is 14.7 Å². The molecular formula is C18H18ClNO3. The number of hydrogen-bond acceptors (Lipinski definition) is 4. The van der Waals surface area contributed by atoms with Gasteiger partial charge in [0.1, 0.15) is 6.61 Å². The van der Waals surface area contributed by atoms with Crippen LogP contribution < -0.4 is 0 Å². The number of ether oxygens (including phenoxy) is 1. The molecule has 0 amide bonds. The lowest BCUT2D eigenvalue weighted by atomic mass is 10.1. The molecule has 0 fully saturated rings. The minimum atomic E-state index is -0.595. The van der Waals surface area contributed by atoms with E-state index >= 15 is 0 Å². The average molecular weight is 332 g/mol. The van der Waals surface area contributed by atoms with Gasteiger partial charge in [-0.2, -0.15) is 0 Å². The van der Waals surface area contributed by atoms with E-state index in [0.29, 0.717) is 17.9 Å². The van der Waals surface area contributed by atoms with E-state index in [0.717, 1.165) is 17.5 Å². The summed E-state index contributed by atoms with van der Waals surface area (Å²) < 4.78 is 5.15. The van der Waals surface area contributed by atoms with Crippen molar-refractivity contribution in [3.63, 3.8) is 0 Å². The fourth-order valence-electron chi connectivity index (χ4n) is 2.15. The summed E-state index contributed by atoms with van der Waals surface area (Å²) in [5.41, 5.74) is 1.99. The maximum Gasteiger partial charge on any atom is 0.356 e.